The van der Waals surface area contributed by atoms with Gasteiger partial charge in [-0.15, -0.1) is 10.2 Å². The highest BCUT2D eigenvalue weighted by Gasteiger charge is 2.25. The van der Waals surface area contributed by atoms with E-state index in [0.29, 0.717) is 10.3 Å². The van der Waals surface area contributed by atoms with Gasteiger partial charge in [-0.3, -0.25) is 4.79 Å². The number of pyridine rings is 1. The summed E-state index contributed by atoms with van der Waals surface area (Å²) >= 11 is 7.24. The van der Waals surface area contributed by atoms with Gasteiger partial charge in [0.15, 0.2) is 0 Å². The predicted octanol–water partition coefficient (Wildman–Crippen LogP) is 2.44. The van der Waals surface area contributed by atoms with Crippen LogP contribution >= 0.6 is 22.9 Å². The summed E-state index contributed by atoms with van der Waals surface area (Å²) < 4.78 is 0. The lowest BCUT2D eigenvalue weighted by Gasteiger charge is -2.32. The number of hydrogen-bond acceptors (Lipinski definition) is 6. The molecule has 2 aromatic heterocycles. The van der Waals surface area contributed by atoms with Gasteiger partial charge in [0.05, 0.1) is 0 Å². The summed E-state index contributed by atoms with van der Waals surface area (Å²) in [4.78, 5) is 18.3. The molecule has 3 rings (SSSR count). The van der Waals surface area contributed by atoms with E-state index in [1.807, 2.05) is 12.1 Å². The van der Waals surface area contributed by atoms with Gasteiger partial charge in [0.1, 0.15) is 10.7 Å². The Morgan fingerprint density at radius 2 is 2.24 bits per heavy atom. The Balaban J connectivity index is 1.56. The molecule has 0 aliphatic carbocycles. The van der Waals surface area contributed by atoms with Gasteiger partial charge in [0.25, 0.3) is 0 Å². The fourth-order valence-corrected chi connectivity index (χ4v) is 3.04. The van der Waals surface area contributed by atoms with Gasteiger partial charge in [-0.05, 0) is 25.0 Å². The SMILES string of the molecule is O=C(Nc1nncs1)C1CCN(c2ccnc(Cl)c2)CC1. The molecular weight excluding hydrogens is 310 g/mol. The summed E-state index contributed by atoms with van der Waals surface area (Å²) in [6.07, 6.45) is 3.32. The highest BCUT2D eigenvalue weighted by atomic mass is 35.5. The standard InChI is InChI=1S/C13H14ClN5OS/c14-11-7-10(1-4-15-11)19-5-2-9(3-6-19)12(20)17-13-18-16-8-21-13/h1,4,7-9H,2-3,5-6H2,(H,17,18,20). The summed E-state index contributed by atoms with van der Waals surface area (Å²) in [5.41, 5.74) is 2.66. The molecule has 1 aliphatic heterocycles. The Bertz CT molecular complexity index is 613. The first-order valence-electron chi connectivity index (χ1n) is 6.66. The Morgan fingerprint density at radius 1 is 1.43 bits per heavy atom. The van der Waals surface area contributed by atoms with Gasteiger partial charge in [-0.2, -0.15) is 0 Å². The van der Waals surface area contributed by atoms with E-state index in [4.69, 9.17) is 11.6 Å². The van der Waals surface area contributed by atoms with Crippen LogP contribution < -0.4 is 10.2 Å². The fraction of sp³-hybridized carbons (Fsp3) is 0.385. The number of amides is 1. The molecule has 0 atom stereocenters. The number of carbonyl (C=O) groups is 1. The Hall–Kier alpha value is -1.73. The van der Waals surface area contributed by atoms with Gasteiger partial charge < -0.3 is 10.2 Å². The third kappa shape index (κ3) is 3.48. The first-order chi connectivity index (χ1) is 10.2. The Morgan fingerprint density at radius 3 is 2.90 bits per heavy atom. The quantitative estimate of drug-likeness (QED) is 0.878. The number of nitrogens with zero attached hydrogens (tertiary/aromatic N) is 4. The van der Waals surface area contributed by atoms with Crippen molar-refractivity contribution >= 4 is 39.7 Å². The average Bonchev–Trinajstić information content (AvgIpc) is 3.00. The molecule has 1 fully saturated rings. The van der Waals surface area contributed by atoms with Gasteiger partial charge in [0, 0.05) is 30.9 Å². The minimum Gasteiger partial charge on any atom is -0.371 e. The van der Waals surface area contributed by atoms with Crippen LogP contribution in [-0.2, 0) is 4.79 Å². The smallest absolute Gasteiger partial charge is 0.229 e. The first kappa shape index (κ1) is 14.2. The van der Waals surface area contributed by atoms with Crippen LogP contribution in [-0.4, -0.2) is 34.2 Å². The molecule has 1 amide bonds. The molecule has 0 bridgehead atoms. The largest absolute Gasteiger partial charge is 0.371 e. The summed E-state index contributed by atoms with van der Waals surface area (Å²) in [6, 6.07) is 3.79. The van der Waals surface area contributed by atoms with Crippen molar-refractivity contribution in [2.75, 3.05) is 23.3 Å². The van der Waals surface area contributed by atoms with E-state index in [1.54, 1.807) is 11.7 Å². The second-order valence-electron chi connectivity index (χ2n) is 4.83. The van der Waals surface area contributed by atoms with Crippen LogP contribution in [0.1, 0.15) is 12.8 Å². The number of anilines is 2. The molecule has 8 heteroatoms. The van der Waals surface area contributed by atoms with Crippen molar-refractivity contribution in [3.05, 3.63) is 29.0 Å². The normalized spacial score (nSPS) is 16.0. The lowest BCUT2D eigenvalue weighted by molar-refractivity contribution is -0.120. The number of nitrogens with one attached hydrogen (secondary N) is 1. The molecule has 0 aromatic carbocycles. The number of piperidine rings is 1. The van der Waals surface area contributed by atoms with Gasteiger partial charge in [0.2, 0.25) is 11.0 Å². The molecule has 1 aliphatic rings. The third-order valence-electron chi connectivity index (χ3n) is 3.53. The average molecular weight is 324 g/mol. The molecular formula is C13H14ClN5OS. The monoisotopic (exact) mass is 323 g/mol. The molecule has 0 saturated carbocycles. The van der Waals surface area contributed by atoms with E-state index < -0.39 is 0 Å². The number of rotatable bonds is 3. The summed E-state index contributed by atoms with van der Waals surface area (Å²) in [5.74, 6) is 0.0432. The molecule has 6 nitrogen and oxygen atoms in total. The zero-order valence-corrected chi connectivity index (χ0v) is 12.8. The molecule has 1 saturated heterocycles. The van der Waals surface area contributed by atoms with Crippen LogP contribution in [0.5, 0.6) is 0 Å². The zero-order valence-electron chi connectivity index (χ0n) is 11.2. The maximum atomic E-state index is 12.1. The molecule has 21 heavy (non-hydrogen) atoms. The van der Waals surface area contributed by atoms with Crippen LogP contribution in [0, 0.1) is 5.92 Å². The van der Waals surface area contributed by atoms with E-state index in [2.05, 4.69) is 25.4 Å². The van der Waals surface area contributed by atoms with Crippen molar-refractivity contribution in [3.63, 3.8) is 0 Å². The van der Waals surface area contributed by atoms with E-state index in [-0.39, 0.29) is 11.8 Å². The number of carbonyl (C=O) groups excluding carboxylic acids is 1. The van der Waals surface area contributed by atoms with Crippen molar-refractivity contribution in [3.8, 4) is 0 Å². The Kier molecular flexibility index (Phi) is 4.31. The second kappa shape index (κ2) is 6.36. The lowest BCUT2D eigenvalue weighted by atomic mass is 9.95. The van der Waals surface area contributed by atoms with Crippen LogP contribution in [0.4, 0.5) is 10.8 Å². The van der Waals surface area contributed by atoms with E-state index in [0.717, 1.165) is 31.6 Å². The number of aromatic nitrogens is 3. The minimum atomic E-state index is 0.0162. The fourth-order valence-electron chi connectivity index (χ4n) is 2.42. The highest BCUT2D eigenvalue weighted by Crippen LogP contribution is 2.25. The van der Waals surface area contributed by atoms with Crippen molar-refractivity contribution in [2.24, 2.45) is 5.92 Å². The molecule has 0 spiro atoms. The van der Waals surface area contributed by atoms with Crippen molar-refractivity contribution in [1.82, 2.24) is 15.2 Å². The molecule has 2 aromatic rings. The van der Waals surface area contributed by atoms with Crippen molar-refractivity contribution < 1.29 is 4.79 Å². The molecule has 1 N–H and O–H groups in total. The molecule has 0 unspecified atom stereocenters. The number of hydrogen-bond donors (Lipinski definition) is 1. The maximum Gasteiger partial charge on any atom is 0.229 e. The minimum absolute atomic E-state index is 0.0162. The van der Waals surface area contributed by atoms with Crippen LogP contribution in [0.3, 0.4) is 0 Å². The van der Waals surface area contributed by atoms with Gasteiger partial charge in [-0.25, -0.2) is 4.98 Å². The second-order valence-corrected chi connectivity index (χ2v) is 6.05. The lowest BCUT2D eigenvalue weighted by Crippen LogP contribution is -2.38. The van der Waals surface area contributed by atoms with Crippen LogP contribution in [0.15, 0.2) is 23.8 Å². The third-order valence-corrected chi connectivity index (χ3v) is 4.34. The zero-order chi connectivity index (χ0) is 14.7. The summed E-state index contributed by atoms with van der Waals surface area (Å²) in [7, 11) is 0. The Labute approximate surface area is 131 Å². The van der Waals surface area contributed by atoms with Crippen molar-refractivity contribution in [2.45, 2.75) is 12.8 Å². The highest BCUT2D eigenvalue weighted by molar-refractivity contribution is 7.13. The van der Waals surface area contributed by atoms with E-state index in [1.165, 1.54) is 11.3 Å². The molecule has 3 heterocycles. The van der Waals surface area contributed by atoms with Gasteiger partial charge in [-0.1, -0.05) is 22.9 Å². The summed E-state index contributed by atoms with van der Waals surface area (Å²) in [6.45, 7) is 1.66. The topological polar surface area (TPSA) is 71.0 Å². The maximum absolute atomic E-state index is 12.1. The van der Waals surface area contributed by atoms with E-state index >= 15 is 0 Å². The predicted molar refractivity (Wildman–Crippen MR) is 82.7 cm³/mol. The van der Waals surface area contributed by atoms with Crippen LogP contribution in [0.25, 0.3) is 0 Å². The van der Waals surface area contributed by atoms with Crippen LogP contribution in [0.2, 0.25) is 5.15 Å². The molecule has 0 radical (unpaired) electrons. The van der Waals surface area contributed by atoms with Gasteiger partial charge >= 0.3 is 0 Å². The number of halogens is 1. The molecule has 110 valence electrons. The summed E-state index contributed by atoms with van der Waals surface area (Å²) in [5, 5.41) is 11.4. The van der Waals surface area contributed by atoms with Crippen molar-refractivity contribution in [1.29, 1.82) is 0 Å². The van der Waals surface area contributed by atoms with E-state index in [9.17, 15) is 4.79 Å². The first-order valence-corrected chi connectivity index (χ1v) is 7.91.